The smallest absolute Gasteiger partial charge is 0.322 e. The van der Waals surface area contributed by atoms with Crippen LogP contribution in [-0.2, 0) is 38.4 Å². The lowest BCUT2D eigenvalue weighted by atomic mass is 9.91. The normalized spacial score (nSPS) is 16.1. The highest BCUT2D eigenvalue weighted by atomic mass is 16.4. The highest BCUT2D eigenvalue weighted by Gasteiger charge is 2.24. The summed E-state index contributed by atoms with van der Waals surface area (Å²) in [6.07, 6.45) is 0. The van der Waals surface area contributed by atoms with Gasteiger partial charge in [-0.05, 0) is 0 Å². The molecule has 1 aliphatic heterocycles. The van der Waals surface area contributed by atoms with Crippen LogP contribution in [0.4, 0.5) is 0 Å². The number of carbonyl (C=O) groups is 8. The van der Waals surface area contributed by atoms with Gasteiger partial charge in [-0.2, -0.15) is 0 Å². The van der Waals surface area contributed by atoms with Crippen LogP contribution < -0.4 is 21.3 Å². The zero-order valence-corrected chi connectivity index (χ0v) is 27.2. The molecule has 0 aromatic carbocycles. The summed E-state index contributed by atoms with van der Waals surface area (Å²) in [5.41, 5.74) is -0.644. The first-order chi connectivity index (χ1) is 21.9. The van der Waals surface area contributed by atoms with Crippen LogP contribution in [0.2, 0.25) is 0 Å². The Morgan fingerprint density at radius 1 is 0.447 bits per heavy atom. The molecule has 4 amide bonds. The molecule has 0 spiro atoms. The maximum Gasteiger partial charge on any atom is 0.322 e. The van der Waals surface area contributed by atoms with Crippen LogP contribution in [0.1, 0.15) is 20.8 Å². The second kappa shape index (κ2) is 20.8. The number of carboxylic acid groups (broad SMARTS) is 3. The average Bonchev–Trinajstić information content (AvgIpc) is 2.97. The lowest BCUT2D eigenvalue weighted by Gasteiger charge is -2.33. The van der Waals surface area contributed by atoms with Crippen LogP contribution in [-0.4, -0.2) is 187 Å². The Kier molecular flexibility index (Phi) is 18.1. The number of hydrogen-bond acceptors (Lipinski definition) is 12. The molecule has 1 aliphatic rings. The van der Waals surface area contributed by atoms with Gasteiger partial charge in [0.15, 0.2) is 5.78 Å². The molecule has 0 unspecified atom stereocenters. The van der Waals surface area contributed by atoms with Crippen LogP contribution in [0.5, 0.6) is 0 Å². The largest absolute Gasteiger partial charge is 0.480 e. The van der Waals surface area contributed by atoms with E-state index in [4.69, 9.17) is 15.3 Å². The predicted molar refractivity (Wildman–Crippen MR) is 165 cm³/mol. The minimum atomic E-state index is -1.22. The lowest BCUT2D eigenvalue weighted by Crippen LogP contribution is -2.52. The van der Waals surface area contributed by atoms with Crippen molar-refractivity contribution < 1.29 is 53.7 Å². The first-order valence-corrected chi connectivity index (χ1v) is 15.1. The third kappa shape index (κ3) is 19.8. The molecule has 0 radical (unpaired) electrons. The fourth-order valence-electron chi connectivity index (χ4n) is 4.21. The molecule has 47 heavy (non-hydrogen) atoms. The quantitative estimate of drug-likeness (QED) is 0.0816. The second-order valence-electron chi connectivity index (χ2n) is 12.1. The summed E-state index contributed by atoms with van der Waals surface area (Å²) in [4.78, 5) is 102. The Labute approximate surface area is 273 Å². The van der Waals surface area contributed by atoms with E-state index in [1.54, 1.807) is 40.4 Å². The number of nitrogens with one attached hydrogen (secondary N) is 4. The Hall–Kier alpha value is -4.20. The monoisotopic (exact) mass is 672 g/mol. The number of Topliss-reactive ketones (excluding diaryl/α,β-unsaturated/α-hetero) is 1. The summed E-state index contributed by atoms with van der Waals surface area (Å²) < 4.78 is 0. The molecule has 0 saturated carbocycles. The zero-order valence-electron chi connectivity index (χ0n) is 27.2. The van der Waals surface area contributed by atoms with Crippen molar-refractivity contribution in [3.8, 4) is 0 Å². The number of ketones is 1. The van der Waals surface area contributed by atoms with Gasteiger partial charge in [0.25, 0.3) is 0 Å². The summed E-state index contributed by atoms with van der Waals surface area (Å²) in [6.45, 7) is 4.59. The van der Waals surface area contributed by atoms with Crippen molar-refractivity contribution in [1.82, 2.24) is 40.9 Å². The molecule has 0 aromatic heterocycles. The van der Waals surface area contributed by atoms with Gasteiger partial charge in [-0.25, -0.2) is 0 Å². The van der Waals surface area contributed by atoms with E-state index in [1.165, 1.54) is 0 Å². The lowest BCUT2D eigenvalue weighted by molar-refractivity contribution is -0.138. The van der Waals surface area contributed by atoms with Crippen molar-refractivity contribution in [2.75, 3.05) is 105 Å². The number of amides is 4. The van der Waals surface area contributed by atoms with E-state index >= 15 is 0 Å². The second-order valence-corrected chi connectivity index (χ2v) is 12.1. The van der Waals surface area contributed by atoms with Crippen LogP contribution in [0.15, 0.2) is 0 Å². The molecular weight excluding hydrogens is 624 g/mol. The van der Waals surface area contributed by atoms with E-state index < -0.39 is 66.6 Å². The summed E-state index contributed by atoms with van der Waals surface area (Å²) in [6, 6.07) is 0. The van der Waals surface area contributed by atoms with Crippen LogP contribution in [0.25, 0.3) is 0 Å². The molecule has 0 bridgehead atoms. The van der Waals surface area contributed by atoms with Gasteiger partial charge in [-0.1, -0.05) is 20.8 Å². The first-order valence-electron chi connectivity index (χ1n) is 15.1. The number of carbonyl (C=O) groups excluding carboxylic acids is 5. The molecular formula is C28H48N8O11. The number of carboxylic acids is 3. The van der Waals surface area contributed by atoms with Gasteiger partial charge >= 0.3 is 17.9 Å². The van der Waals surface area contributed by atoms with Gasteiger partial charge in [0.1, 0.15) is 19.6 Å². The molecule has 0 atom stereocenters. The Morgan fingerprint density at radius 3 is 0.851 bits per heavy atom. The van der Waals surface area contributed by atoms with Crippen LogP contribution in [0, 0.1) is 5.41 Å². The fraction of sp³-hybridized carbons (Fsp3) is 0.714. The molecule has 0 aliphatic carbocycles. The standard InChI is InChI=1S/C28H48N8O11/c1-28(2,3)20(37)12-29-21(38)16-33-4-6-34(17-22(39)30-13-25(42)43)8-10-36(19-24(41)32-15-27(46)47)11-9-35(7-5-33)18-23(40)31-14-26(44)45/h4-19H2,1-3H3,(H,29,38)(H,30,39)(H,31,40)(H,32,41)(H,42,43)(H,44,45)(H,46,47). The zero-order chi connectivity index (χ0) is 35.6. The minimum Gasteiger partial charge on any atom is -0.480 e. The summed E-state index contributed by atoms with van der Waals surface area (Å²) in [5, 5.41) is 36.3. The summed E-state index contributed by atoms with van der Waals surface area (Å²) >= 11 is 0. The first kappa shape index (κ1) is 40.8. The SMILES string of the molecule is CC(C)(C)C(=O)CNC(=O)CN1CCN(CC(=O)NCC(=O)O)CCN(CC(=O)NCC(=O)O)CCN(CC(=O)NCC(=O)O)CC1. The van der Waals surface area contributed by atoms with Crippen molar-refractivity contribution in [1.29, 1.82) is 0 Å². The van der Waals surface area contributed by atoms with E-state index in [2.05, 4.69) is 21.3 Å². The molecule has 1 fully saturated rings. The summed E-state index contributed by atoms with van der Waals surface area (Å²) in [5.74, 6) is -5.87. The van der Waals surface area contributed by atoms with E-state index in [1.807, 2.05) is 0 Å². The van der Waals surface area contributed by atoms with E-state index in [-0.39, 0.29) is 90.9 Å². The molecule has 19 nitrogen and oxygen atoms in total. The Balaban J connectivity index is 3.17. The fourth-order valence-corrected chi connectivity index (χ4v) is 4.21. The van der Waals surface area contributed by atoms with E-state index in [0.717, 1.165) is 0 Å². The number of hydrogen-bond donors (Lipinski definition) is 7. The molecule has 1 rings (SSSR count). The van der Waals surface area contributed by atoms with Crippen molar-refractivity contribution in [3.63, 3.8) is 0 Å². The van der Waals surface area contributed by atoms with Crippen LogP contribution >= 0.6 is 0 Å². The van der Waals surface area contributed by atoms with Gasteiger partial charge in [0, 0.05) is 57.8 Å². The number of aliphatic carboxylic acids is 3. The maximum atomic E-state index is 12.8. The van der Waals surface area contributed by atoms with Gasteiger partial charge in [0.2, 0.25) is 23.6 Å². The van der Waals surface area contributed by atoms with Gasteiger partial charge in [-0.15, -0.1) is 0 Å². The number of nitrogens with zero attached hydrogens (tertiary/aromatic N) is 4. The molecule has 7 N–H and O–H groups in total. The third-order valence-electron chi connectivity index (χ3n) is 6.99. The van der Waals surface area contributed by atoms with Crippen molar-refractivity contribution >= 4 is 47.3 Å². The number of rotatable bonds is 16. The summed E-state index contributed by atoms with van der Waals surface area (Å²) in [7, 11) is 0. The highest BCUT2D eigenvalue weighted by molar-refractivity contribution is 5.90. The van der Waals surface area contributed by atoms with E-state index in [0.29, 0.717) is 0 Å². The highest BCUT2D eigenvalue weighted by Crippen LogP contribution is 2.13. The molecule has 1 heterocycles. The van der Waals surface area contributed by atoms with Gasteiger partial charge in [-0.3, -0.25) is 58.0 Å². The van der Waals surface area contributed by atoms with Crippen LogP contribution in [0.3, 0.4) is 0 Å². The molecule has 19 heteroatoms. The maximum absolute atomic E-state index is 12.8. The molecule has 266 valence electrons. The average molecular weight is 673 g/mol. The van der Waals surface area contributed by atoms with E-state index in [9.17, 15) is 38.4 Å². The molecule has 1 saturated heterocycles. The minimum absolute atomic E-state index is 0.106. The van der Waals surface area contributed by atoms with Crippen molar-refractivity contribution in [2.45, 2.75) is 20.8 Å². The topological polar surface area (TPSA) is 258 Å². The van der Waals surface area contributed by atoms with Gasteiger partial charge in [0.05, 0.1) is 32.7 Å². The van der Waals surface area contributed by atoms with Crippen molar-refractivity contribution in [2.24, 2.45) is 5.41 Å². The Morgan fingerprint density at radius 2 is 0.660 bits per heavy atom. The third-order valence-corrected chi connectivity index (χ3v) is 6.99. The molecule has 0 aromatic rings. The van der Waals surface area contributed by atoms with Gasteiger partial charge < -0.3 is 36.6 Å². The van der Waals surface area contributed by atoms with Crippen molar-refractivity contribution in [3.05, 3.63) is 0 Å². The Bertz CT molecular complexity index is 1080. The predicted octanol–water partition coefficient (Wildman–Crippen LogP) is -4.46.